The van der Waals surface area contributed by atoms with Crippen molar-refractivity contribution < 1.29 is 5.11 Å². The molecule has 0 aliphatic carbocycles. The predicted octanol–water partition coefficient (Wildman–Crippen LogP) is 3.19. The lowest BCUT2D eigenvalue weighted by atomic mass is 10.1. The van der Waals surface area contributed by atoms with E-state index in [0.29, 0.717) is 5.02 Å². The van der Waals surface area contributed by atoms with Crippen molar-refractivity contribution in [2.75, 3.05) is 0 Å². The molecule has 2 aromatic rings. The number of thiazole rings is 1. The van der Waals surface area contributed by atoms with Gasteiger partial charge in [0.2, 0.25) is 0 Å². The molecule has 1 N–H and O–H groups in total. The summed E-state index contributed by atoms with van der Waals surface area (Å²) in [4.78, 5) is 4.97. The molecule has 0 bridgehead atoms. The number of benzene rings is 1. The summed E-state index contributed by atoms with van der Waals surface area (Å²) in [5.74, 6) is 0. The molecular formula is C11H10ClNOS. The van der Waals surface area contributed by atoms with Gasteiger partial charge in [0.25, 0.3) is 0 Å². The quantitative estimate of drug-likeness (QED) is 0.873. The highest BCUT2D eigenvalue weighted by Gasteiger charge is 2.12. The first kappa shape index (κ1) is 10.6. The van der Waals surface area contributed by atoms with E-state index in [-0.39, 0.29) is 0 Å². The molecule has 1 aromatic heterocycles. The van der Waals surface area contributed by atoms with Crippen LogP contribution < -0.4 is 0 Å². The lowest BCUT2D eigenvalue weighted by molar-refractivity contribution is 0.224. The summed E-state index contributed by atoms with van der Waals surface area (Å²) in [6.07, 6.45) is 1.10. The average Bonchev–Trinajstić information content (AvgIpc) is 2.65. The van der Waals surface area contributed by atoms with Gasteiger partial charge in [0.1, 0.15) is 6.10 Å². The van der Waals surface area contributed by atoms with Crippen molar-refractivity contribution in [2.45, 2.75) is 13.0 Å². The molecule has 2 rings (SSSR count). The lowest BCUT2D eigenvalue weighted by Gasteiger charge is -2.07. The van der Waals surface area contributed by atoms with Crippen molar-refractivity contribution in [3.8, 4) is 0 Å². The van der Waals surface area contributed by atoms with Crippen LogP contribution in [0.1, 0.15) is 21.6 Å². The van der Waals surface area contributed by atoms with E-state index in [9.17, 15) is 5.11 Å². The van der Waals surface area contributed by atoms with E-state index < -0.39 is 6.10 Å². The van der Waals surface area contributed by atoms with Gasteiger partial charge in [0.15, 0.2) is 0 Å². The van der Waals surface area contributed by atoms with Crippen LogP contribution in [0.3, 0.4) is 0 Å². The highest BCUT2D eigenvalue weighted by atomic mass is 35.5. The summed E-state index contributed by atoms with van der Waals surface area (Å²) in [5.41, 5.74) is 0.836. The van der Waals surface area contributed by atoms with E-state index in [0.717, 1.165) is 15.4 Å². The lowest BCUT2D eigenvalue weighted by Crippen LogP contribution is -1.96. The summed E-state index contributed by atoms with van der Waals surface area (Å²) in [7, 11) is 0. The molecule has 1 atom stereocenters. The number of aryl methyl sites for hydroxylation is 1. The Bertz CT molecular complexity index is 452. The Kier molecular flexibility index (Phi) is 3.05. The van der Waals surface area contributed by atoms with Crippen LogP contribution in [0.15, 0.2) is 30.5 Å². The van der Waals surface area contributed by atoms with E-state index in [1.807, 2.05) is 19.1 Å². The highest BCUT2D eigenvalue weighted by Crippen LogP contribution is 2.27. The van der Waals surface area contributed by atoms with Crippen molar-refractivity contribution in [3.63, 3.8) is 0 Å². The molecule has 0 saturated carbocycles. The van der Waals surface area contributed by atoms with Crippen molar-refractivity contribution in [3.05, 3.63) is 50.9 Å². The number of aliphatic hydroxyl groups is 1. The molecule has 0 spiro atoms. The summed E-state index contributed by atoms with van der Waals surface area (Å²) in [6.45, 7) is 1.92. The van der Waals surface area contributed by atoms with Crippen molar-refractivity contribution >= 4 is 22.9 Å². The summed E-state index contributed by atoms with van der Waals surface area (Å²) in [5, 5.41) is 11.7. The normalized spacial score (nSPS) is 12.7. The molecule has 2 nitrogen and oxygen atoms in total. The van der Waals surface area contributed by atoms with Gasteiger partial charge in [-0.25, -0.2) is 4.98 Å². The van der Waals surface area contributed by atoms with Gasteiger partial charge in [-0.2, -0.15) is 0 Å². The molecule has 1 heterocycles. The topological polar surface area (TPSA) is 33.1 Å². The molecule has 0 amide bonds. The number of halogens is 1. The second kappa shape index (κ2) is 4.31. The number of nitrogens with zero attached hydrogens (tertiary/aromatic N) is 1. The Labute approximate surface area is 97.2 Å². The molecule has 4 heteroatoms. The van der Waals surface area contributed by atoms with Crippen LogP contribution in [-0.4, -0.2) is 10.1 Å². The van der Waals surface area contributed by atoms with Gasteiger partial charge < -0.3 is 5.11 Å². The van der Waals surface area contributed by atoms with Gasteiger partial charge >= 0.3 is 0 Å². The van der Waals surface area contributed by atoms with Crippen molar-refractivity contribution in [1.82, 2.24) is 4.98 Å². The van der Waals surface area contributed by atoms with Crippen LogP contribution >= 0.6 is 22.9 Å². The fourth-order valence-electron chi connectivity index (χ4n) is 1.31. The van der Waals surface area contributed by atoms with Gasteiger partial charge in [-0.3, -0.25) is 0 Å². The first-order chi connectivity index (χ1) is 7.16. The standard InChI is InChI=1S/C11H10ClNOS/c1-7-13-6-10(15-7)11(14)8-2-4-9(12)5-3-8/h2-6,11,14H,1H3. The Balaban J connectivity index is 2.28. The summed E-state index contributed by atoms with van der Waals surface area (Å²) in [6, 6.07) is 7.19. The van der Waals surface area contributed by atoms with Crippen LogP contribution in [0.2, 0.25) is 5.02 Å². The Hall–Kier alpha value is -0.900. The molecule has 0 fully saturated rings. The SMILES string of the molecule is Cc1ncc(C(O)c2ccc(Cl)cc2)s1. The van der Waals surface area contributed by atoms with E-state index in [1.165, 1.54) is 11.3 Å². The molecule has 78 valence electrons. The minimum atomic E-state index is -0.603. The zero-order chi connectivity index (χ0) is 10.8. The molecule has 1 aromatic carbocycles. The highest BCUT2D eigenvalue weighted by molar-refractivity contribution is 7.11. The van der Waals surface area contributed by atoms with E-state index in [4.69, 9.17) is 11.6 Å². The van der Waals surface area contributed by atoms with Crippen LogP contribution in [0, 0.1) is 6.92 Å². The van der Waals surface area contributed by atoms with Gasteiger partial charge in [-0.05, 0) is 24.6 Å². The van der Waals surface area contributed by atoms with Gasteiger partial charge in [-0.15, -0.1) is 11.3 Å². The zero-order valence-electron chi connectivity index (χ0n) is 8.14. The minimum Gasteiger partial charge on any atom is -0.383 e. The second-order valence-corrected chi connectivity index (χ2v) is 4.94. The van der Waals surface area contributed by atoms with Gasteiger partial charge in [0, 0.05) is 11.2 Å². The number of aliphatic hydroxyl groups excluding tert-OH is 1. The maximum Gasteiger partial charge on any atom is 0.115 e. The van der Waals surface area contributed by atoms with Crippen LogP contribution in [0.4, 0.5) is 0 Å². The summed E-state index contributed by atoms with van der Waals surface area (Å²) >= 11 is 7.28. The Morgan fingerprint density at radius 2 is 2.00 bits per heavy atom. The predicted molar refractivity (Wildman–Crippen MR) is 62.4 cm³/mol. The number of aromatic nitrogens is 1. The third-order valence-corrected chi connectivity index (χ3v) is 3.31. The van der Waals surface area contributed by atoms with Crippen LogP contribution in [-0.2, 0) is 0 Å². The Morgan fingerprint density at radius 3 is 2.53 bits per heavy atom. The summed E-state index contributed by atoms with van der Waals surface area (Å²) < 4.78 is 0. The maximum atomic E-state index is 10.0. The van der Waals surface area contributed by atoms with Crippen molar-refractivity contribution in [2.24, 2.45) is 0 Å². The fraction of sp³-hybridized carbons (Fsp3) is 0.182. The number of hydrogen-bond donors (Lipinski definition) is 1. The maximum absolute atomic E-state index is 10.0. The first-order valence-electron chi connectivity index (χ1n) is 4.52. The molecule has 0 aliphatic rings. The fourth-order valence-corrected chi connectivity index (χ4v) is 2.24. The minimum absolute atomic E-state index is 0.603. The van der Waals surface area contributed by atoms with Crippen LogP contribution in [0.25, 0.3) is 0 Å². The molecule has 1 unspecified atom stereocenters. The van der Waals surface area contributed by atoms with Gasteiger partial charge in [0.05, 0.1) is 9.88 Å². The monoisotopic (exact) mass is 239 g/mol. The van der Waals surface area contributed by atoms with E-state index >= 15 is 0 Å². The third-order valence-electron chi connectivity index (χ3n) is 2.09. The number of hydrogen-bond acceptors (Lipinski definition) is 3. The van der Waals surface area contributed by atoms with E-state index in [2.05, 4.69) is 4.98 Å². The molecule has 0 saturated heterocycles. The first-order valence-corrected chi connectivity index (χ1v) is 5.72. The van der Waals surface area contributed by atoms with Gasteiger partial charge in [-0.1, -0.05) is 23.7 Å². The zero-order valence-corrected chi connectivity index (χ0v) is 9.72. The largest absolute Gasteiger partial charge is 0.383 e. The average molecular weight is 240 g/mol. The van der Waals surface area contributed by atoms with E-state index in [1.54, 1.807) is 18.3 Å². The number of rotatable bonds is 2. The molecule has 0 radical (unpaired) electrons. The van der Waals surface area contributed by atoms with Crippen molar-refractivity contribution in [1.29, 1.82) is 0 Å². The Morgan fingerprint density at radius 1 is 1.33 bits per heavy atom. The third kappa shape index (κ3) is 2.37. The van der Waals surface area contributed by atoms with Crippen LogP contribution in [0.5, 0.6) is 0 Å². The molecular weight excluding hydrogens is 230 g/mol. The molecule has 15 heavy (non-hydrogen) atoms. The second-order valence-electron chi connectivity index (χ2n) is 3.24. The smallest absolute Gasteiger partial charge is 0.115 e. The molecule has 0 aliphatic heterocycles.